The highest BCUT2D eigenvalue weighted by Crippen LogP contribution is 2.16. The van der Waals surface area contributed by atoms with Gasteiger partial charge in [0.25, 0.3) is 5.91 Å². The second kappa shape index (κ2) is 9.75. The van der Waals surface area contributed by atoms with E-state index in [1.54, 1.807) is 34.1 Å². The van der Waals surface area contributed by atoms with Crippen LogP contribution in [0, 0.1) is 0 Å². The Morgan fingerprint density at radius 3 is 2.10 bits per heavy atom. The van der Waals surface area contributed by atoms with Gasteiger partial charge < -0.3 is 14.5 Å². The summed E-state index contributed by atoms with van der Waals surface area (Å²) in [6, 6.07) is 15.4. The number of sulfone groups is 1. The van der Waals surface area contributed by atoms with E-state index in [0.29, 0.717) is 56.9 Å². The van der Waals surface area contributed by atoms with Gasteiger partial charge in [-0.25, -0.2) is 8.42 Å². The van der Waals surface area contributed by atoms with E-state index >= 15 is 0 Å². The fraction of sp³-hybridized carbons (Fsp3) is 0.364. The molecular formula is C22H26N2O5S. The van der Waals surface area contributed by atoms with Gasteiger partial charge in [0.05, 0.1) is 11.5 Å². The third-order valence-electron chi connectivity index (χ3n) is 5.00. The quantitative estimate of drug-likeness (QED) is 0.629. The average Bonchev–Trinajstić information content (AvgIpc) is 2.76. The molecule has 7 nitrogen and oxygen atoms in total. The fourth-order valence-corrected chi connectivity index (χ4v) is 3.91. The van der Waals surface area contributed by atoms with Crippen molar-refractivity contribution in [3.63, 3.8) is 0 Å². The molecule has 1 aliphatic heterocycles. The van der Waals surface area contributed by atoms with Crippen LogP contribution < -0.4 is 4.74 Å². The summed E-state index contributed by atoms with van der Waals surface area (Å²) in [5.74, 6) is 0.624. The number of amides is 2. The summed E-state index contributed by atoms with van der Waals surface area (Å²) in [6.07, 6.45) is 2.09. The summed E-state index contributed by atoms with van der Waals surface area (Å²) in [5, 5.41) is 0. The van der Waals surface area contributed by atoms with Crippen molar-refractivity contribution < 1.29 is 22.7 Å². The SMILES string of the molecule is CS(=O)(=O)c1ccc(OCCCC(=O)N2CCN(C(=O)c3ccccc3)CC2)cc1. The molecule has 2 aromatic rings. The standard InChI is InChI=1S/C22H26N2O5S/c1-30(27,28)20-11-9-19(10-12-20)29-17-5-8-21(25)23-13-15-24(16-14-23)22(26)18-6-3-2-4-7-18/h2-4,6-7,9-12H,5,8,13-17H2,1H3. The van der Waals surface area contributed by atoms with Crippen LogP contribution in [-0.4, -0.2) is 69.1 Å². The number of nitrogens with zero attached hydrogens (tertiary/aromatic N) is 2. The van der Waals surface area contributed by atoms with Gasteiger partial charge in [-0.05, 0) is 42.8 Å². The molecule has 1 aliphatic rings. The normalized spacial score (nSPS) is 14.4. The number of rotatable bonds is 7. The summed E-state index contributed by atoms with van der Waals surface area (Å²) in [5.41, 5.74) is 0.666. The van der Waals surface area contributed by atoms with E-state index in [9.17, 15) is 18.0 Å². The highest BCUT2D eigenvalue weighted by Gasteiger charge is 2.24. The second-order valence-electron chi connectivity index (χ2n) is 7.23. The van der Waals surface area contributed by atoms with Crippen LogP contribution in [0.1, 0.15) is 23.2 Å². The van der Waals surface area contributed by atoms with Gasteiger partial charge in [-0.1, -0.05) is 18.2 Å². The molecule has 0 unspecified atom stereocenters. The van der Waals surface area contributed by atoms with Gasteiger partial charge in [-0.15, -0.1) is 0 Å². The number of carbonyl (C=O) groups is 2. The van der Waals surface area contributed by atoms with Crippen molar-refractivity contribution in [3.8, 4) is 5.75 Å². The van der Waals surface area contributed by atoms with E-state index in [2.05, 4.69) is 0 Å². The van der Waals surface area contributed by atoms with Crippen LogP contribution in [0.25, 0.3) is 0 Å². The lowest BCUT2D eigenvalue weighted by atomic mass is 10.1. The largest absolute Gasteiger partial charge is 0.494 e. The molecule has 30 heavy (non-hydrogen) atoms. The maximum atomic E-state index is 12.5. The molecule has 3 rings (SSSR count). The first kappa shape index (κ1) is 21.8. The molecule has 0 N–H and O–H groups in total. The van der Waals surface area contributed by atoms with E-state index < -0.39 is 9.84 Å². The lowest BCUT2D eigenvalue weighted by Gasteiger charge is -2.35. The Labute approximate surface area is 177 Å². The Kier molecular flexibility index (Phi) is 7.10. The minimum absolute atomic E-state index is 0.00186. The Morgan fingerprint density at radius 1 is 0.900 bits per heavy atom. The molecule has 0 bridgehead atoms. The lowest BCUT2D eigenvalue weighted by Crippen LogP contribution is -2.50. The minimum atomic E-state index is -3.22. The first-order valence-electron chi connectivity index (χ1n) is 9.89. The molecule has 8 heteroatoms. The summed E-state index contributed by atoms with van der Waals surface area (Å²) in [6.45, 7) is 2.50. The van der Waals surface area contributed by atoms with Crippen LogP contribution in [0.3, 0.4) is 0 Å². The molecule has 1 saturated heterocycles. The molecule has 0 aliphatic carbocycles. The summed E-state index contributed by atoms with van der Waals surface area (Å²) >= 11 is 0. The van der Waals surface area contributed by atoms with Gasteiger partial charge in [-0.2, -0.15) is 0 Å². The van der Waals surface area contributed by atoms with Crippen LogP contribution in [0.4, 0.5) is 0 Å². The van der Waals surface area contributed by atoms with Crippen molar-refractivity contribution in [3.05, 3.63) is 60.2 Å². The van der Waals surface area contributed by atoms with Gasteiger partial charge in [0.15, 0.2) is 9.84 Å². The van der Waals surface area contributed by atoms with Crippen molar-refractivity contribution in [2.75, 3.05) is 39.0 Å². The van der Waals surface area contributed by atoms with Crippen molar-refractivity contribution in [1.82, 2.24) is 9.80 Å². The molecular weight excluding hydrogens is 404 g/mol. The van der Waals surface area contributed by atoms with Crippen molar-refractivity contribution in [2.24, 2.45) is 0 Å². The van der Waals surface area contributed by atoms with E-state index in [1.807, 2.05) is 18.2 Å². The second-order valence-corrected chi connectivity index (χ2v) is 9.25. The highest BCUT2D eigenvalue weighted by atomic mass is 32.2. The van der Waals surface area contributed by atoms with Gasteiger partial charge >= 0.3 is 0 Å². The number of benzene rings is 2. The molecule has 0 atom stereocenters. The zero-order valence-electron chi connectivity index (χ0n) is 17.0. The van der Waals surface area contributed by atoms with Crippen LogP contribution in [0.2, 0.25) is 0 Å². The summed E-state index contributed by atoms with van der Waals surface area (Å²) in [7, 11) is -3.22. The number of piperazine rings is 1. The van der Waals surface area contributed by atoms with Crippen LogP contribution in [0.15, 0.2) is 59.5 Å². The number of hydrogen-bond donors (Lipinski definition) is 0. The van der Waals surface area contributed by atoms with Gasteiger partial charge in [0, 0.05) is 44.4 Å². The monoisotopic (exact) mass is 430 g/mol. The molecule has 1 fully saturated rings. The molecule has 0 spiro atoms. The highest BCUT2D eigenvalue weighted by molar-refractivity contribution is 7.90. The lowest BCUT2D eigenvalue weighted by molar-refractivity contribution is -0.132. The third-order valence-corrected chi connectivity index (χ3v) is 6.12. The van der Waals surface area contributed by atoms with Crippen molar-refractivity contribution in [2.45, 2.75) is 17.7 Å². The number of hydrogen-bond acceptors (Lipinski definition) is 5. The van der Waals surface area contributed by atoms with Crippen LogP contribution in [0.5, 0.6) is 5.75 Å². The van der Waals surface area contributed by atoms with E-state index in [4.69, 9.17) is 4.74 Å². The Morgan fingerprint density at radius 2 is 1.50 bits per heavy atom. The first-order chi connectivity index (χ1) is 14.3. The Hall–Kier alpha value is -2.87. The molecule has 0 aromatic heterocycles. The van der Waals surface area contributed by atoms with Crippen LogP contribution >= 0.6 is 0 Å². The zero-order chi connectivity index (χ0) is 21.6. The minimum Gasteiger partial charge on any atom is -0.494 e. The summed E-state index contributed by atoms with van der Waals surface area (Å²) < 4.78 is 28.5. The van der Waals surface area contributed by atoms with Crippen LogP contribution in [-0.2, 0) is 14.6 Å². The zero-order valence-corrected chi connectivity index (χ0v) is 17.8. The predicted molar refractivity (Wildman–Crippen MR) is 113 cm³/mol. The summed E-state index contributed by atoms with van der Waals surface area (Å²) in [4.78, 5) is 28.7. The Balaban J connectivity index is 1.37. The van der Waals surface area contributed by atoms with E-state index in [-0.39, 0.29) is 16.7 Å². The predicted octanol–water partition coefficient (Wildman–Crippen LogP) is 2.23. The van der Waals surface area contributed by atoms with Gasteiger partial charge in [0.1, 0.15) is 5.75 Å². The maximum Gasteiger partial charge on any atom is 0.253 e. The fourth-order valence-electron chi connectivity index (χ4n) is 3.28. The number of ether oxygens (including phenoxy) is 1. The average molecular weight is 431 g/mol. The van der Waals surface area contributed by atoms with E-state index in [1.165, 1.54) is 12.1 Å². The van der Waals surface area contributed by atoms with Crippen molar-refractivity contribution in [1.29, 1.82) is 0 Å². The molecule has 0 saturated carbocycles. The molecule has 2 amide bonds. The topological polar surface area (TPSA) is 84.0 Å². The third kappa shape index (κ3) is 5.82. The molecule has 2 aromatic carbocycles. The van der Waals surface area contributed by atoms with E-state index in [0.717, 1.165) is 6.26 Å². The smallest absolute Gasteiger partial charge is 0.253 e. The van der Waals surface area contributed by atoms with Gasteiger partial charge in [-0.3, -0.25) is 9.59 Å². The molecule has 0 radical (unpaired) electrons. The molecule has 160 valence electrons. The van der Waals surface area contributed by atoms with Crippen molar-refractivity contribution >= 4 is 21.7 Å². The van der Waals surface area contributed by atoms with Gasteiger partial charge in [0.2, 0.25) is 5.91 Å². The molecule has 1 heterocycles. The Bertz CT molecular complexity index is 966. The maximum absolute atomic E-state index is 12.5. The number of carbonyl (C=O) groups excluding carboxylic acids is 2. The first-order valence-corrected chi connectivity index (χ1v) is 11.8.